The Morgan fingerprint density at radius 3 is 2.59 bits per heavy atom. The van der Waals surface area contributed by atoms with Gasteiger partial charge >= 0.3 is 0 Å². The van der Waals surface area contributed by atoms with E-state index in [1.807, 2.05) is 54.6 Å². The van der Waals surface area contributed by atoms with E-state index in [2.05, 4.69) is 5.32 Å². The molecular weight excluding hydrogens is 434 g/mol. The zero-order valence-electron chi connectivity index (χ0n) is 19.4. The van der Waals surface area contributed by atoms with Crippen molar-refractivity contribution in [2.24, 2.45) is 5.92 Å². The summed E-state index contributed by atoms with van der Waals surface area (Å²) >= 11 is 0. The lowest BCUT2D eigenvalue weighted by Gasteiger charge is -2.26. The van der Waals surface area contributed by atoms with Gasteiger partial charge in [0, 0.05) is 32.6 Å². The summed E-state index contributed by atoms with van der Waals surface area (Å²) in [7, 11) is 1.62. The molecule has 0 aromatic heterocycles. The summed E-state index contributed by atoms with van der Waals surface area (Å²) in [5.74, 6) is -0.0949. The van der Waals surface area contributed by atoms with Crippen LogP contribution in [-0.2, 0) is 32.1 Å². The fraction of sp³-hybridized carbons (Fsp3) is 0.423. The zero-order valence-corrected chi connectivity index (χ0v) is 19.4. The summed E-state index contributed by atoms with van der Waals surface area (Å²) in [5.41, 5.74) is 2.10. The first-order valence-corrected chi connectivity index (χ1v) is 11.6. The van der Waals surface area contributed by atoms with Crippen LogP contribution in [0, 0.1) is 5.92 Å². The maximum Gasteiger partial charge on any atom is 0.242 e. The van der Waals surface area contributed by atoms with Gasteiger partial charge < -0.3 is 24.6 Å². The quantitative estimate of drug-likeness (QED) is 0.640. The van der Waals surface area contributed by atoms with Gasteiger partial charge in [0.2, 0.25) is 17.7 Å². The topological polar surface area (TPSA) is 88.2 Å². The number of carbonyl (C=O) groups excluding carboxylic acids is 3. The van der Waals surface area contributed by atoms with Crippen molar-refractivity contribution < 1.29 is 23.9 Å². The standard InChI is InChI=1S/C26H31N3O5/c1-33-22-9-5-8-20(12-22)18-34-23-15-28(11-10-19-6-3-2-4-7-19)25(31)17-29(16-23)26(32)21-13-24(30)27-14-21/h2-9,12,21,23H,10-11,13-18H2,1H3,(H,27,30)/t21?,23-/m0/s1. The van der Waals surface area contributed by atoms with Crippen LogP contribution >= 0.6 is 0 Å². The molecular formula is C26H31N3O5. The maximum absolute atomic E-state index is 13.1. The summed E-state index contributed by atoms with van der Waals surface area (Å²) in [6.45, 7) is 1.91. The van der Waals surface area contributed by atoms with Crippen LogP contribution in [0.4, 0.5) is 0 Å². The molecule has 0 bridgehead atoms. The van der Waals surface area contributed by atoms with Crippen molar-refractivity contribution in [2.75, 3.05) is 39.8 Å². The van der Waals surface area contributed by atoms with Crippen LogP contribution in [0.15, 0.2) is 54.6 Å². The van der Waals surface area contributed by atoms with Gasteiger partial charge in [-0.25, -0.2) is 0 Å². The molecule has 2 atom stereocenters. The number of nitrogens with zero attached hydrogens (tertiary/aromatic N) is 2. The molecule has 1 unspecified atom stereocenters. The number of carbonyl (C=O) groups is 3. The van der Waals surface area contributed by atoms with Crippen LogP contribution < -0.4 is 10.1 Å². The number of methoxy groups -OCH3 is 1. The third-order valence-corrected chi connectivity index (χ3v) is 6.30. The molecule has 8 heteroatoms. The van der Waals surface area contributed by atoms with Gasteiger partial charge in [-0.3, -0.25) is 14.4 Å². The molecule has 0 aliphatic carbocycles. The predicted octanol–water partition coefficient (Wildman–Crippen LogP) is 1.63. The Kier molecular flexibility index (Phi) is 7.80. The molecule has 0 radical (unpaired) electrons. The van der Waals surface area contributed by atoms with E-state index in [0.717, 1.165) is 23.3 Å². The number of rotatable bonds is 8. The average Bonchev–Trinajstić information content (AvgIpc) is 3.23. The average molecular weight is 466 g/mol. The van der Waals surface area contributed by atoms with Gasteiger partial charge in [-0.2, -0.15) is 0 Å². The molecule has 2 saturated heterocycles. The van der Waals surface area contributed by atoms with E-state index in [1.54, 1.807) is 16.9 Å². The van der Waals surface area contributed by atoms with Crippen LogP contribution in [0.5, 0.6) is 5.75 Å². The van der Waals surface area contributed by atoms with Crippen molar-refractivity contribution in [3.05, 3.63) is 65.7 Å². The Morgan fingerprint density at radius 2 is 1.85 bits per heavy atom. The van der Waals surface area contributed by atoms with E-state index in [0.29, 0.717) is 32.8 Å². The second-order valence-electron chi connectivity index (χ2n) is 8.78. The van der Waals surface area contributed by atoms with E-state index in [9.17, 15) is 14.4 Å². The molecule has 3 amide bonds. The fourth-order valence-corrected chi connectivity index (χ4v) is 4.39. The van der Waals surface area contributed by atoms with Crippen LogP contribution in [0.1, 0.15) is 17.5 Å². The number of amides is 3. The van der Waals surface area contributed by atoms with E-state index < -0.39 is 5.92 Å². The zero-order chi connectivity index (χ0) is 23.9. The van der Waals surface area contributed by atoms with Gasteiger partial charge in [0.15, 0.2) is 0 Å². The fourth-order valence-electron chi connectivity index (χ4n) is 4.39. The van der Waals surface area contributed by atoms with Crippen molar-refractivity contribution in [3.63, 3.8) is 0 Å². The van der Waals surface area contributed by atoms with Crippen LogP contribution in [-0.4, -0.2) is 73.5 Å². The molecule has 0 spiro atoms. The van der Waals surface area contributed by atoms with Crippen molar-refractivity contribution >= 4 is 17.7 Å². The minimum Gasteiger partial charge on any atom is -0.497 e. The summed E-state index contributed by atoms with van der Waals surface area (Å²) < 4.78 is 11.5. The van der Waals surface area contributed by atoms with E-state index in [-0.39, 0.29) is 36.8 Å². The van der Waals surface area contributed by atoms with E-state index >= 15 is 0 Å². The highest BCUT2D eigenvalue weighted by atomic mass is 16.5. The molecule has 0 saturated carbocycles. The maximum atomic E-state index is 13.1. The lowest BCUT2D eigenvalue weighted by atomic mass is 10.1. The summed E-state index contributed by atoms with van der Waals surface area (Å²) in [4.78, 5) is 41.2. The molecule has 1 N–H and O–H groups in total. The lowest BCUT2D eigenvalue weighted by Crippen LogP contribution is -2.43. The molecule has 34 heavy (non-hydrogen) atoms. The molecule has 2 aliphatic heterocycles. The molecule has 2 aromatic carbocycles. The Labute approximate surface area is 199 Å². The second kappa shape index (κ2) is 11.2. The highest BCUT2D eigenvalue weighted by Gasteiger charge is 2.36. The van der Waals surface area contributed by atoms with Crippen molar-refractivity contribution in [3.8, 4) is 5.75 Å². The molecule has 8 nitrogen and oxygen atoms in total. The smallest absolute Gasteiger partial charge is 0.242 e. The van der Waals surface area contributed by atoms with Gasteiger partial charge in [0.1, 0.15) is 5.75 Å². The molecule has 2 aromatic rings. The van der Waals surface area contributed by atoms with Gasteiger partial charge in [-0.05, 0) is 29.7 Å². The van der Waals surface area contributed by atoms with Crippen molar-refractivity contribution in [2.45, 2.75) is 25.6 Å². The number of hydrogen-bond acceptors (Lipinski definition) is 5. The minimum absolute atomic E-state index is 0.00265. The highest BCUT2D eigenvalue weighted by Crippen LogP contribution is 2.19. The highest BCUT2D eigenvalue weighted by molar-refractivity contribution is 5.91. The summed E-state index contributed by atoms with van der Waals surface area (Å²) in [5, 5.41) is 2.71. The first-order chi connectivity index (χ1) is 16.5. The SMILES string of the molecule is COc1cccc(CO[C@H]2CN(CCc3ccccc3)C(=O)CN(C(=O)C3CNC(=O)C3)C2)c1. The second-order valence-corrected chi connectivity index (χ2v) is 8.78. The largest absolute Gasteiger partial charge is 0.497 e. The number of nitrogens with one attached hydrogen (secondary N) is 1. The molecule has 4 rings (SSSR count). The summed E-state index contributed by atoms with van der Waals surface area (Å²) in [6, 6.07) is 17.7. The minimum atomic E-state index is -0.435. The normalized spacial score (nSPS) is 20.7. The first kappa shape index (κ1) is 23.8. The Balaban J connectivity index is 1.46. The van der Waals surface area contributed by atoms with E-state index in [4.69, 9.17) is 9.47 Å². The molecule has 2 heterocycles. The number of ether oxygens (including phenoxy) is 2. The van der Waals surface area contributed by atoms with E-state index in [1.165, 1.54) is 0 Å². The lowest BCUT2D eigenvalue weighted by molar-refractivity contribution is -0.141. The first-order valence-electron chi connectivity index (χ1n) is 11.6. The predicted molar refractivity (Wildman–Crippen MR) is 126 cm³/mol. The van der Waals surface area contributed by atoms with Crippen LogP contribution in [0.25, 0.3) is 0 Å². The Bertz CT molecular complexity index is 1010. The van der Waals surface area contributed by atoms with Crippen molar-refractivity contribution in [1.82, 2.24) is 15.1 Å². The third-order valence-electron chi connectivity index (χ3n) is 6.30. The van der Waals surface area contributed by atoms with Crippen molar-refractivity contribution in [1.29, 1.82) is 0 Å². The van der Waals surface area contributed by atoms with Crippen LogP contribution in [0.2, 0.25) is 0 Å². The van der Waals surface area contributed by atoms with Crippen LogP contribution in [0.3, 0.4) is 0 Å². The monoisotopic (exact) mass is 465 g/mol. The van der Waals surface area contributed by atoms with Gasteiger partial charge in [-0.15, -0.1) is 0 Å². The van der Waals surface area contributed by atoms with Gasteiger partial charge in [0.25, 0.3) is 0 Å². The number of hydrogen-bond donors (Lipinski definition) is 1. The van der Waals surface area contributed by atoms with Gasteiger partial charge in [0.05, 0.1) is 32.3 Å². The number of benzene rings is 2. The summed E-state index contributed by atoms with van der Waals surface area (Å²) in [6.07, 6.45) is 0.545. The molecule has 180 valence electrons. The molecule has 2 aliphatic rings. The Hall–Kier alpha value is -3.39. The third kappa shape index (κ3) is 6.14. The molecule has 2 fully saturated rings. The van der Waals surface area contributed by atoms with Gasteiger partial charge in [-0.1, -0.05) is 42.5 Å². The Morgan fingerprint density at radius 1 is 1.06 bits per heavy atom.